The fraction of sp³-hybridized carbons (Fsp3) is 0.282. The molecule has 8 heteroatoms. The third-order valence-corrected chi connectivity index (χ3v) is 7.82. The lowest BCUT2D eigenvalue weighted by atomic mass is 9.92. The number of benzene rings is 4. The number of rotatable bonds is 17. The van der Waals surface area contributed by atoms with E-state index in [1.165, 1.54) is 41.2 Å². The van der Waals surface area contributed by atoms with Crippen molar-refractivity contribution in [2.45, 2.75) is 46.0 Å². The van der Waals surface area contributed by atoms with Crippen LogP contribution in [0.25, 0.3) is 33.0 Å². The average molecular weight is 639 g/mol. The van der Waals surface area contributed by atoms with E-state index in [1.807, 2.05) is 12.1 Å². The minimum atomic E-state index is -0.799. The second-order valence-electron chi connectivity index (χ2n) is 11.2. The van der Waals surface area contributed by atoms with Gasteiger partial charge in [0, 0.05) is 0 Å². The number of carbonyl (C=O) groups is 2. The number of aliphatic hydroxyl groups is 2. The van der Waals surface area contributed by atoms with Crippen molar-refractivity contribution in [3.63, 3.8) is 0 Å². The van der Waals surface area contributed by atoms with Gasteiger partial charge in [0.2, 0.25) is 13.6 Å². The Balaban J connectivity index is 1.58. The summed E-state index contributed by atoms with van der Waals surface area (Å²) >= 11 is 0. The summed E-state index contributed by atoms with van der Waals surface area (Å²) in [6.07, 6.45) is 5.59. The quantitative estimate of drug-likeness (QED) is 0.0536. The van der Waals surface area contributed by atoms with E-state index in [2.05, 4.69) is 75.5 Å². The molecule has 0 heterocycles. The lowest BCUT2D eigenvalue weighted by Gasteiger charge is -2.16. The number of carbonyl (C=O) groups excluding carboxylic acids is 2. The molecule has 0 unspecified atom stereocenters. The Labute approximate surface area is 275 Å². The Morgan fingerprint density at radius 3 is 1.91 bits per heavy atom. The van der Waals surface area contributed by atoms with Gasteiger partial charge in [-0.15, -0.1) is 0 Å². The smallest absolute Gasteiger partial charge is 0.338 e. The summed E-state index contributed by atoms with van der Waals surface area (Å²) in [4.78, 5) is 23.8. The Morgan fingerprint density at radius 2 is 1.26 bits per heavy atom. The predicted octanol–water partition coefficient (Wildman–Crippen LogP) is 7.32. The first-order chi connectivity index (χ1) is 22.8. The summed E-state index contributed by atoms with van der Waals surface area (Å²) in [6.45, 7) is 9.21. The van der Waals surface area contributed by atoms with E-state index in [9.17, 15) is 9.59 Å². The highest BCUT2D eigenvalue weighted by Gasteiger charge is 2.15. The van der Waals surface area contributed by atoms with Gasteiger partial charge in [-0.3, -0.25) is 0 Å². The number of aliphatic hydroxyl groups excluding tert-OH is 2. The lowest BCUT2D eigenvalue weighted by Crippen LogP contribution is -2.15. The number of esters is 2. The van der Waals surface area contributed by atoms with Gasteiger partial charge in [0.15, 0.2) is 11.5 Å². The minimum absolute atomic E-state index is 0.109. The zero-order valence-corrected chi connectivity index (χ0v) is 27.1. The van der Waals surface area contributed by atoms with Gasteiger partial charge in [0.1, 0.15) is 0 Å². The van der Waals surface area contributed by atoms with Crippen LogP contribution in [0.5, 0.6) is 11.5 Å². The van der Waals surface area contributed by atoms with Gasteiger partial charge in [-0.05, 0) is 81.6 Å². The second kappa shape index (κ2) is 17.1. The number of unbranched alkanes of at least 4 members (excludes halogenated alkanes) is 2. The fourth-order valence-corrected chi connectivity index (χ4v) is 5.09. The van der Waals surface area contributed by atoms with E-state index in [4.69, 9.17) is 29.2 Å². The van der Waals surface area contributed by atoms with Crippen LogP contribution in [0.15, 0.2) is 97.1 Å². The van der Waals surface area contributed by atoms with Crippen molar-refractivity contribution in [1.29, 1.82) is 0 Å². The first kappa shape index (κ1) is 34.9. The zero-order chi connectivity index (χ0) is 33.8. The molecule has 0 bridgehead atoms. The largest absolute Gasteiger partial charge is 0.453 e. The van der Waals surface area contributed by atoms with Crippen molar-refractivity contribution in [3.05, 3.63) is 108 Å². The Hall–Kier alpha value is -4.92. The molecule has 0 radical (unpaired) electrons. The molecule has 4 aromatic carbocycles. The molecule has 0 aliphatic carbocycles. The standard InChI is InChI=1S/C39H42O8/c1-5-7-8-9-28-10-11-31-20-34(13-12-30(31)18-28)35-16-14-32(19-29(35)6-2)33-15-17-36(44-24-46-38(42)26(3)22-40)37(21-33)45-25-47-39(43)27(4)23-41/h10-21,40-41H,3-9,22-25H2,1-2H3. The first-order valence-corrected chi connectivity index (χ1v) is 15.7. The summed E-state index contributed by atoms with van der Waals surface area (Å²) in [6, 6.07) is 24.9. The topological polar surface area (TPSA) is 112 Å². The maximum Gasteiger partial charge on any atom is 0.338 e. The molecular weight excluding hydrogens is 596 g/mol. The molecule has 0 spiro atoms. The molecule has 8 nitrogen and oxygen atoms in total. The molecule has 0 saturated heterocycles. The van der Waals surface area contributed by atoms with Crippen LogP contribution in [0.2, 0.25) is 0 Å². The van der Waals surface area contributed by atoms with Crippen LogP contribution in [0.1, 0.15) is 44.2 Å². The molecule has 47 heavy (non-hydrogen) atoms. The zero-order valence-electron chi connectivity index (χ0n) is 27.1. The highest BCUT2D eigenvalue weighted by Crippen LogP contribution is 2.36. The van der Waals surface area contributed by atoms with Crippen LogP contribution in [-0.4, -0.2) is 49.0 Å². The van der Waals surface area contributed by atoms with Crippen molar-refractivity contribution in [2.75, 3.05) is 26.8 Å². The first-order valence-electron chi connectivity index (χ1n) is 15.7. The normalized spacial score (nSPS) is 10.8. The fourth-order valence-electron chi connectivity index (χ4n) is 5.09. The van der Waals surface area contributed by atoms with Crippen molar-refractivity contribution in [2.24, 2.45) is 0 Å². The van der Waals surface area contributed by atoms with E-state index >= 15 is 0 Å². The summed E-state index contributed by atoms with van der Waals surface area (Å²) < 4.78 is 21.4. The number of hydrogen-bond acceptors (Lipinski definition) is 8. The molecule has 0 amide bonds. The molecule has 246 valence electrons. The molecule has 4 aromatic rings. The van der Waals surface area contributed by atoms with Crippen LogP contribution in [0, 0.1) is 0 Å². The van der Waals surface area contributed by atoms with Gasteiger partial charge in [0.25, 0.3) is 0 Å². The van der Waals surface area contributed by atoms with Gasteiger partial charge in [-0.2, -0.15) is 0 Å². The molecule has 0 aromatic heterocycles. The third-order valence-electron chi connectivity index (χ3n) is 7.82. The molecule has 2 N–H and O–H groups in total. The van der Waals surface area contributed by atoms with Crippen molar-refractivity contribution < 1.29 is 38.7 Å². The number of hydrogen-bond donors (Lipinski definition) is 2. The maximum atomic E-state index is 12.0. The number of aryl methyl sites for hydroxylation is 2. The second-order valence-corrected chi connectivity index (χ2v) is 11.2. The monoisotopic (exact) mass is 638 g/mol. The van der Waals surface area contributed by atoms with Crippen LogP contribution in [0.4, 0.5) is 0 Å². The maximum absolute atomic E-state index is 12.0. The van der Waals surface area contributed by atoms with Gasteiger partial charge in [-0.25, -0.2) is 9.59 Å². The molecule has 4 rings (SSSR count). The molecule has 0 atom stereocenters. The molecule has 0 aliphatic heterocycles. The summed E-state index contributed by atoms with van der Waals surface area (Å²) in [5.41, 5.74) is 6.40. The Kier molecular flexibility index (Phi) is 12.7. The minimum Gasteiger partial charge on any atom is -0.453 e. The van der Waals surface area contributed by atoms with Crippen LogP contribution in [0.3, 0.4) is 0 Å². The molecule has 0 fully saturated rings. The van der Waals surface area contributed by atoms with Gasteiger partial charge < -0.3 is 29.2 Å². The number of ether oxygens (including phenoxy) is 4. The summed E-state index contributed by atoms with van der Waals surface area (Å²) in [5.74, 6) is -1.14. The van der Waals surface area contributed by atoms with Crippen molar-refractivity contribution in [3.8, 4) is 33.8 Å². The van der Waals surface area contributed by atoms with Gasteiger partial charge in [-0.1, -0.05) is 94.4 Å². The molecule has 0 aliphatic rings. The Bertz CT molecular complexity index is 1740. The van der Waals surface area contributed by atoms with Crippen molar-refractivity contribution >= 4 is 22.7 Å². The number of fused-ring (bicyclic) bond motifs is 1. The Morgan fingerprint density at radius 1 is 0.660 bits per heavy atom. The van der Waals surface area contributed by atoms with E-state index in [0.717, 1.165) is 35.1 Å². The predicted molar refractivity (Wildman–Crippen MR) is 183 cm³/mol. The van der Waals surface area contributed by atoms with E-state index in [-0.39, 0.29) is 22.6 Å². The highest BCUT2D eigenvalue weighted by atomic mass is 16.7. The van der Waals surface area contributed by atoms with Crippen molar-refractivity contribution in [1.82, 2.24) is 0 Å². The lowest BCUT2D eigenvalue weighted by molar-refractivity contribution is -0.147. The molecular formula is C39H42O8. The van der Waals surface area contributed by atoms with E-state index in [1.54, 1.807) is 12.1 Å². The van der Waals surface area contributed by atoms with E-state index < -0.39 is 38.7 Å². The van der Waals surface area contributed by atoms with Gasteiger partial charge in [0.05, 0.1) is 24.4 Å². The SMILES string of the molecule is C=C(CO)C(=O)OCOc1ccc(-c2ccc(-c3ccc4cc(CCCCC)ccc4c3)c(CC)c2)cc1OCOC(=O)C(=C)CO. The van der Waals surface area contributed by atoms with Gasteiger partial charge >= 0.3 is 11.9 Å². The van der Waals surface area contributed by atoms with Crippen LogP contribution >= 0.6 is 0 Å². The average Bonchev–Trinajstić information content (AvgIpc) is 3.10. The summed E-state index contributed by atoms with van der Waals surface area (Å²) in [5, 5.41) is 20.7. The van der Waals surface area contributed by atoms with Crippen LogP contribution in [-0.2, 0) is 31.9 Å². The molecule has 0 saturated carbocycles. The highest BCUT2D eigenvalue weighted by molar-refractivity contribution is 5.89. The van der Waals surface area contributed by atoms with E-state index in [0.29, 0.717) is 0 Å². The third kappa shape index (κ3) is 9.31. The van der Waals surface area contributed by atoms with Crippen LogP contribution < -0.4 is 9.47 Å². The summed E-state index contributed by atoms with van der Waals surface area (Å²) in [7, 11) is 0.